The number of nitrogens with zero attached hydrogens (tertiary/aromatic N) is 1. The van der Waals surface area contributed by atoms with Gasteiger partial charge in [-0.05, 0) is 31.2 Å². The highest BCUT2D eigenvalue weighted by Crippen LogP contribution is 2.34. The van der Waals surface area contributed by atoms with E-state index in [9.17, 15) is 4.79 Å². The Bertz CT molecular complexity index is 449. The molecule has 0 radical (unpaired) electrons. The average molecular weight is 251 g/mol. The first-order valence-corrected chi connectivity index (χ1v) is 6.42. The first kappa shape index (κ1) is 11.1. The number of nitrogens with one attached hydrogen (secondary N) is 1. The number of hydrogen-bond acceptors (Lipinski definition) is 2. The summed E-state index contributed by atoms with van der Waals surface area (Å²) in [5.41, 5.74) is 0.942. The summed E-state index contributed by atoms with van der Waals surface area (Å²) in [4.78, 5) is 14.0. The van der Waals surface area contributed by atoms with Crippen molar-refractivity contribution in [3.63, 3.8) is 0 Å². The zero-order valence-corrected chi connectivity index (χ0v) is 10.3. The largest absolute Gasteiger partial charge is 0.316 e. The molecule has 17 heavy (non-hydrogen) atoms. The standard InChI is InChI=1S/C13H15ClN2O/c14-10-2-1-3-11(7-10)16-12-4-5-15-8-9(12)6-13(16)17/h1-3,7,9,12,15H,4-6,8H2. The van der Waals surface area contributed by atoms with Gasteiger partial charge in [-0.2, -0.15) is 0 Å². The summed E-state index contributed by atoms with van der Waals surface area (Å²) in [7, 11) is 0. The molecule has 1 aromatic rings. The van der Waals surface area contributed by atoms with Crippen LogP contribution in [0.25, 0.3) is 0 Å². The third-order valence-electron chi connectivity index (χ3n) is 3.69. The van der Waals surface area contributed by atoms with Crippen molar-refractivity contribution in [1.29, 1.82) is 0 Å². The molecule has 2 fully saturated rings. The van der Waals surface area contributed by atoms with Crippen LogP contribution in [0.4, 0.5) is 5.69 Å². The Labute approximate surface area is 106 Å². The van der Waals surface area contributed by atoms with Gasteiger partial charge in [0.05, 0.1) is 0 Å². The zero-order chi connectivity index (χ0) is 11.8. The molecular formula is C13H15ClN2O. The summed E-state index contributed by atoms with van der Waals surface area (Å²) in [6, 6.07) is 7.94. The summed E-state index contributed by atoms with van der Waals surface area (Å²) >= 11 is 6.00. The molecule has 1 amide bonds. The predicted octanol–water partition coefficient (Wildman–Crippen LogP) is 2.05. The van der Waals surface area contributed by atoms with Gasteiger partial charge in [-0.1, -0.05) is 17.7 Å². The molecule has 0 saturated carbocycles. The van der Waals surface area contributed by atoms with Crippen molar-refractivity contribution in [2.45, 2.75) is 18.9 Å². The second-order valence-electron chi connectivity index (χ2n) is 4.77. The third-order valence-corrected chi connectivity index (χ3v) is 3.93. The fourth-order valence-electron chi connectivity index (χ4n) is 2.93. The molecular weight excluding hydrogens is 236 g/mol. The molecule has 3 nitrogen and oxygen atoms in total. The van der Waals surface area contributed by atoms with Gasteiger partial charge in [0.15, 0.2) is 0 Å². The molecule has 0 aliphatic carbocycles. The SMILES string of the molecule is O=C1CC2CNCCC2N1c1cccc(Cl)c1. The van der Waals surface area contributed by atoms with Crippen LogP contribution in [0.5, 0.6) is 0 Å². The quantitative estimate of drug-likeness (QED) is 0.828. The molecule has 2 heterocycles. The zero-order valence-electron chi connectivity index (χ0n) is 9.53. The lowest BCUT2D eigenvalue weighted by molar-refractivity contribution is -0.117. The van der Waals surface area contributed by atoms with Crippen LogP contribution < -0.4 is 10.2 Å². The van der Waals surface area contributed by atoms with Crippen molar-refractivity contribution in [2.24, 2.45) is 5.92 Å². The summed E-state index contributed by atoms with van der Waals surface area (Å²) < 4.78 is 0. The summed E-state index contributed by atoms with van der Waals surface area (Å²) in [6.07, 6.45) is 1.69. The van der Waals surface area contributed by atoms with E-state index in [4.69, 9.17) is 11.6 Å². The number of anilines is 1. The maximum atomic E-state index is 12.1. The number of fused-ring (bicyclic) bond motifs is 1. The smallest absolute Gasteiger partial charge is 0.227 e. The van der Waals surface area contributed by atoms with Gasteiger partial charge in [-0.3, -0.25) is 4.79 Å². The fourth-order valence-corrected chi connectivity index (χ4v) is 3.11. The number of benzene rings is 1. The van der Waals surface area contributed by atoms with E-state index in [-0.39, 0.29) is 5.91 Å². The van der Waals surface area contributed by atoms with Crippen LogP contribution >= 0.6 is 11.6 Å². The molecule has 2 atom stereocenters. The van der Waals surface area contributed by atoms with Crippen LogP contribution in [-0.2, 0) is 4.79 Å². The van der Waals surface area contributed by atoms with E-state index in [1.54, 1.807) is 0 Å². The van der Waals surface area contributed by atoms with E-state index < -0.39 is 0 Å². The first-order chi connectivity index (χ1) is 8.25. The number of halogens is 1. The number of carbonyl (C=O) groups is 1. The average Bonchev–Trinajstić information content (AvgIpc) is 2.64. The molecule has 2 aliphatic rings. The van der Waals surface area contributed by atoms with Gasteiger partial charge < -0.3 is 10.2 Å². The molecule has 0 bridgehead atoms. The minimum Gasteiger partial charge on any atom is -0.316 e. The highest BCUT2D eigenvalue weighted by atomic mass is 35.5. The van der Waals surface area contributed by atoms with E-state index in [0.29, 0.717) is 23.4 Å². The molecule has 2 aliphatic heterocycles. The Hall–Kier alpha value is -1.06. The van der Waals surface area contributed by atoms with E-state index >= 15 is 0 Å². The minimum atomic E-state index is 0.228. The second kappa shape index (κ2) is 4.31. The van der Waals surface area contributed by atoms with Crippen molar-refractivity contribution in [2.75, 3.05) is 18.0 Å². The molecule has 90 valence electrons. The maximum absolute atomic E-state index is 12.1. The maximum Gasteiger partial charge on any atom is 0.227 e. The molecule has 1 N–H and O–H groups in total. The van der Waals surface area contributed by atoms with Crippen LogP contribution in [0.3, 0.4) is 0 Å². The third kappa shape index (κ3) is 1.94. The monoisotopic (exact) mass is 250 g/mol. The van der Waals surface area contributed by atoms with Gasteiger partial charge in [-0.15, -0.1) is 0 Å². The van der Waals surface area contributed by atoms with Crippen molar-refractivity contribution in [1.82, 2.24) is 5.32 Å². The highest BCUT2D eigenvalue weighted by molar-refractivity contribution is 6.30. The molecule has 0 aromatic heterocycles. The lowest BCUT2D eigenvalue weighted by Gasteiger charge is -2.32. The normalized spacial score (nSPS) is 28.3. The van der Waals surface area contributed by atoms with Crippen LogP contribution in [0.2, 0.25) is 5.02 Å². The van der Waals surface area contributed by atoms with Crippen molar-refractivity contribution in [3.8, 4) is 0 Å². The number of amides is 1. The Balaban J connectivity index is 1.93. The first-order valence-electron chi connectivity index (χ1n) is 6.04. The summed E-state index contributed by atoms with van der Waals surface area (Å²) in [6.45, 7) is 1.94. The number of rotatable bonds is 1. The number of piperidine rings is 1. The van der Waals surface area contributed by atoms with E-state index in [2.05, 4.69) is 5.32 Å². The van der Waals surface area contributed by atoms with Gasteiger partial charge in [0, 0.05) is 35.6 Å². The Morgan fingerprint density at radius 1 is 1.41 bits per heavy atom. The van der Waals surface area contributed by atoms with Crippen molar-refractivity contribution >= 4 is 23.2 Å². The summed E-state index contributed by atoms with van der Waals surface area (Å²) in [5.74, 6) is 0.682. The van der Waals surface area contributed by atoms with Gasteiger partial charge >= 0.3 is 0 Å². The van der Waals surface area contributed by atoms with Gasteiger partial charge in [0.2, 0.25) is 5.91 Å². The molecule has 0 spiro atoms. The lowest BCUT2D eigenvalue weighted by atomic mass is 9.94. The van der Waals surface area contributed by atoms with Crippen LogP contribution in [0, 0.1) is 5.92 Å². The van der Waals surface area contributed by atoms with Crippen molar-refractivity contribution < 1.29 is 4.79 Å². The Morgan fingerprint density at radius 2 is 2.29 bits per heavy atom. The van der Waals surface area contributed by atoms with Crippen LogP contribution in [0.15, 0.2) is 24.3 Å². The number of hydrogen-bond donors (Lipinski definition) is 1. The van der Waals surface area contributed by atoms with Crippen LogP contribution in [-0.4, -0.2) is 25.0 Å². The van der Waals surface area contributed by atoms with E-state index in [0.717, 1.165) is 25.2 Å². The van der Waals surface area contributed by atoms with Gasteiger partial charge in [-0.25, -0.2) is 0 Å². The highest BCUT2D eigenvalue weighted by Gasteiger charge is 2.41. The lowest BCUT2D eigenvalue weighted by Crippen LogP contribution is -2.44. The van der Waals surface area contributed by atoms with Crippen LogP contribution in [0.1, 0.15) is 12.8 Å². The second-order valence-corrected chi connectivity index (χ2v) is 5.20. The molecule has 3 rings (SSSR count). The molecule has 1 aromatic carbocycles. The number of carbonyl (C=O) groups excluding carboxylic acids is 1. The Morgan fingerprint density at radius 3 is 3.12 bits per heavy atom. The topological polar surface area (TPSA) is 32.3 Å². The van der Waals surface area contributed by atoms with Crippen molar-refractivity contribution in [3.05, 3.63) is 29.3 Å². The molecule has 2 saturated heterocycles. The van der Waals surface area contributed by atoms with E-state index in [1.807, 2.05) is 29.2 Å². The Kier molecular flexibility index (Phi) is 2.81. The predicted molar refractivity (Wildman–Crippen MR) is 68.3 cm³/mol. The summed E-state index contributed by atoms with van der Waals surface area (Å²) in [5, 5.41) is 4.04. The molecule has 2 unspecified atom stereocenters. The van der Waals surface area contributed by atoms with Gasteiger partial charge in [0.25, 0.3) is 0 Å². The fraction of sp³-hybridized carbons (Fsp3) is 0.462. The molecule has 4 heteroatoms. The van der Waals surface area contributed by atoms with E-state index in [1.165, 1.54) is 0 Å². The van der Waals surface area contributed by atoms with Gasteiger partial charge in [0.1, 0.15) is 0 Å². The minimum absolute atomic E-state index is 0.228.